The molecule has 0 N–H and O–H groups in total. The van der Waals surface area contributed by atoms with Gasteiger partial charge >= 0.3 is 0 Å². The second kappa shape index (κ2) is 5.19. The van der Waals surface area contributed by atoms with E-state index >= 15 is 0 Å². The van der Waals surface area contributed by atoms with Gasteiger partial charge in [-0.2, -0.15) is 4.98 Å². The van der Waals surface area contributed by atoms with Gasteiger partial charge in [0.15, 0.2) is 0 Å². The topological polar surface area (TPSA) is 59.2 Å². The highest BCUT2D eigenvalue weighted by Gasteiger charge is 2.40. The van der Waals surface area contributed by atoms with E-state index < -0.39 is 0 Å². The Hall–Kier alpha value is -2.24. The number of likely N-dealkylation sites (tertiary alicyclic amines) is 1. The maximum atomic E-state index is 13.3. The lowest BCUT2D eigenvalue weighted by Crippen LogP contribution is -2.31. The van der Waals surface area contributed by atoms with Crippen LogP contribution in [0.25, 0.3) is 11.4 Å². The number of benzene rings is 1. The Balaban J connectivity index is 1.59. The monoisotopic (exact) mass is 301 g/mol. The molecular weight excluding hydrogens is 285 g/mol. The van der Waals surface area contributed by atoms with Gasteiger partial charge in [0.25, 0.3) is 0 Å². The van der Waals surface area contributed by atoms with Crippen LogP contribution in [0.3, 0.4) is 0 Å². The summed E-state index contributed by atoms with van der Waals surface area (Å²) < 4.78 is 18.6. The number of amides is 1. The van der Waals surface area contributed by atoms with Crippen LogP contribution in [0.5, 0.6) is 0 Å². The number of rotatable bonds is 3. The summed E-state index contributed by atoms with van der Waals surface area (Å²) >= 11 is 0. The summed E-state index contributed by atoms with van der Waals surface area (Å²) in [6.07, 6.45) is 3.75. The first kappa shape index (κ1) is 13.4. The van der Waals surface area contributed by atoms with Crippen molar-refractivity contribution in [2.24, 2.45) is 5.92 Å². The minimum Gasteiger partial charge on any atom is -0.337 e. The normalized spacial score (nSPS) is 21.3. The molecule has 1 unspecified atom stereocenters. The highest BCUT2D eigenvalue weighted by atomic mass is 19.1. The highest BCUT2D eigenvalue weighted by Crippen LogP contribution is 2.38. The molecule has 6 heteroatoms. The second-order valence-corrected chi connectivity index (χ2v) is 5.93. The Kier molecular flexibility index (Phi) is 3.17. The third-order valence-electron chi connectivity index (χ3n) is 4.27. The molecule has 2 fully saturated rings. The predicted octanol–water partition coefficient (Wildman–Crippen LogP) is 2.95. The van der Waals surface area contributed by atoms with Gasteiger partial charge in [0.05, 0.1) is 0 Å². The maximum Gasteiger partial charge on any atom is 0.249 e. The minimum absolute atomic E-state index is 0.136. The van der Waals surface area contributed by atoms with Crippen molar-refractivity contribution in [1.29, 1.82) is 0 Å². The first-order valence-electron chi connectivity index (χ1n) is 7.62. The minimum atomic E-state index is -0.338. The fourth-order valence-electron chi connectivity index (χ4n) is 2.97. The van der Waals surface area contributed by atoms with Gasteiger partial charge in [0, 0.05) is 18.0 Å². The van der Waals surface area contributed by atoms with Gasteiger partial charge < -0.3 is 9.42 Å². The number of hydrogen-bond donors (Lipinski definition) is 0. The van der Waals surface area contributed by atoms with Crippen molar-refractivity contribution in [3.05, 3.63) is 36.0 Å². The zero-order valence-electron chi connectivity index (χ0n) is 12.0. The van der Waals surface area contributed by atoms with E-state index in [1.165, 1.54) is 12.1 Å². The van der Waals surface area contributed by atoms with Gasteiger partial charge in [-0.3, -0.25) is 4.79 Å². The van der Waals surface area contributed by atoms with Gasteiger partial charge in [-0.05, 0) is 37.8 Å². The summed E-state index contributed by atoms with van der Waals surface area (Å²) in [7, 11) is 0. The zero-order valence-corrected chi connectivity index (χ0v) is 12.0. The van der Waals surface area contributed by atoms with Crippen molar-refractivity contribution in [3.8, 4) is 11.4 Å². The maximum absolute atomic E-state index is 13.3. The summed E-state index contributed by atoms with van der Waals surface area (Å²) in [5.41, 5.74) is 0.577. The van der Waals surface area contributed by atoms with Crippen LogP contribution in [0.1, 0.15) is 37.6 Å². The quantitative estimate of drug-likeness (QED) is 0.874. The Bertz CT molecular complexity index is 711. The Morgan fingerprint density at radius 3 is 2.95 bits per heavy atom. The molecule has 2 aliphatic rings. The molecule has 0 radical (unpaired) electrons. The van der Waals surface area contributed by atoms with Gasteiger partial charge in [-0.25, -0.2) is 4.39 Å². The Morgan fingerprint density at radius 1 is 1.32 bits per heavy atom. The fourth-order valence-corrected chi connectivity index (χ4v) is 2.97. The predicted molar refractivity (Wildman–Crippen MR) is 76.1 cm³/mol. The summed E-state index contributed by atoms with van der Waals surface area (Å²) in [6.45, 7) is 0.748. The number of carbonyl (C=O) groups is 1. The molecule has 2 aromatic rings. The molecule has 0 bridgehead atoms. The van der Waals surface area contributed by atoms with Crippen molar-refractivity contribution in [2.45, 2.75) is 31.7 Å². The molecule has 22 heavy (non-hydrogen) atoms. The van der Waals surface area contributed by atoms with E-state index in [0.29, 0.717) is 17.3 Å². The third-order valence-corrected chi connectivity index (χ3v) is 4.27. The molecule has 1 saturated heterocycles. The molecule has 1 aliphatic heterocycles. The molecular formula is C16H16FN3O2. The van der Waals surface area contributed by atoms with E-state index in [2.05, 4.69) is 10.1 Å². The van der Waals surface area contributed by atoms with Crippen LogP contribution in [-0.2, 0) is 4.79 Å². The zero-order chi connectivity index (χ0) is 15.1. The van der Waals surface area contributed by atoms with Crippen LogP contribution < -0.4 is 0 Å². The van der Waals surface area contributed by atoms with Gasteiger partial charge in [0.2, 0.25) is 17.6 Å². The summed E-state index contributed by atoms with van der Waals surface area (Å²) in [4.78, 5) is 18.5. The summed E-state index contributed by atoms with van der Waals surface area (Å²) in [6, 6.07) is 5.95. The molecule has 5 nitrogen and oxygen atoms in total. The average Bonchev–Trinajstić information content (AvgIpc) is 3.06. The molecule has 114 valence electrons. The van der Waals surface area contributed by atoms with E-state index in [0.717, 1.165) is 32.2 Å². The summed E-state index contributed by atoms with van der Waals surface area (Å²) in [5.74, 6) is 0.862. The largest absolute Gasteiger partial charge is 0.337 e. The van der Waals surface area contributed by atoms with E-state index in [1.807, 2.05) is 4.90 Å². The van der Waals surface area contributed by atoms with Crippen molar-refractivity contribution in [2.75, 3.05) is 6.54 Å². The molecule has 0 spiro atoms. The van der Waals surface area contributed by atoms with Gasteiger partial charge in [-0.1, -0.05) is 17.3 Å². The fraction of sp³-hybridized carbons (Fsp3) is 0.438. The molecule has 4 rings (SSSR count). The van der Waals surface area contributed by atoms with Crippen LogP contribution in [-0.4, -0.2) is 27.5 Å². The van der Waals surface area contributed by atoms with E-state index in [-0.39, 0.29) is 23.7 Å². The highest BCUT2D eigenvalue weighted by molar-refractivity contribution is 5.81. The smallest absolute Gasteiger partial charge is 0.249 e. The SMILES string of the molecule is O=C(C1CC1)N1CCCC1c1nc(-c2cccc(F)c2)no1. The van der Waals surface area contributed by atoms with Crippen molar-refractivity contribution < 1.29 is 13.7 Å². The van der Waals surface area contributed by atoms with E-state index in [9.17, 15) is 9.18 Å². The van der Waals surface area contributed by atoms with Gasteiger partial charge in [0.1, 0.15) is 11.9 Å². The lowest BCUT2D eigenvalue weighted by Gasteiger charge is -2.21. The molecule has 1 aromatic heterocycles. The lowest BCUT2D eigenvalue weighted by atomic mass is 10.2. The molecule has 1 saturated carbocycles. The number of halogens is 1. The third kappa shape index (κ3) is 2.38. The molecule has 1 aliphatic carbocycles. The Morgan fingerprint density at radius 2 is 2.18 bits per heavy atom. The number of nitrogens with zero attached hydrogens (tertiary/aromatic N) is 3. The van der Waals surface area contributed by atoms with Crippen LogP contribution in [0, 0.1) is 11.7 Å². The molecule has 1 atom stereocenters. The Labute approximate surface area is 127 Å². The first-order valence-corrected chi connectivity index (χ1v) is 7.62. The summed E-state index contributed by atoms with van der Waals surface area (Å²) in [5, 5.41) is 3.94. The van der Waals surface area contributed by atoms with E-state index in [4.69, 9.17) is 4.52 Å². The van der Waals surface area contributed by atoms with Crippen molar-refractivity contribution in [1.82, 2.24) is 15.0 Å². The van der Waals surface area contributed by atoms with E-state index in [1.54, 1.807) is 12.1 Å². The van der Waals surface area contributed by atoms with Crippen molar-refractivity contribution >= 4 is 5.91 Å². The molecule has 1 aromatic carbocycles. The standard InChI is InChI=1S/C16H16FN3O2/c17-12-4-1-3-11(9-12)14-18-15(22-19-14)13-5-2-8-20(13)16(21)10-6-7-10/h1,3-4,9-10,13H,2,5-8H2. The molecule has 1 amide bonds. The first-order chi connectivity index (χ1) is 10.7. The van der Waals surface area contributed by atoms with Crippen molar-refractivity contribution in [3.63, 3.8) is 0 Å². The second-order valence-electron chi connectivity index (χ2n) is 5.93. The average molecular weight is 301 g/mol. The van der Waals surface area contributed by atoms with Crippen LogP contribution in [0.15, 0.2) is 28.8 Å². The number of carbonyl (C=O) groups excluding carboxylic acids is 1. The molecule has 2 heterocycles. The van der Waals surface area contributed by atoms with Gasteiger partial charge in [-0.15, -0.1) is 0 Å². The number of hydrogen-bond acceptors (Lipinski definition) is 4. The van der Waals surface area contributed by atoms with Crippen LogP contribution in [0.4, 0.5) is 4.39 Å². The van der Waals surface area contributed by atoms with Crippen LogP contribution >= 0.6 is 0 Å². The number of aromatic nitrogens is 2. The lowest BCUT2D eigenvalue weighted by molar-refractivity contribution is -0.133. The van der Waals surface area contributed by atoms with Crippen LogP contribution in [0.2, 0.25) is 0 Å².